The maximum Gasteiger partial charge on any atom is 0.154 e. The van der Waals surface area contributed by atoms with E-state index in [1.54, 1.807) is 6.07 Å². The first kappa shape index (κ1) is 12.0. The van der Waals surface area contributed by atoms with Crippen molar-refractivity contribution in [3.63, 3.8) is 0 Å². The zero-order valence-corrected chi connectivity index (χ0v) is 10.1. The molecule has 1 aromatic carbocycles. The van der Waals surface area contributed by atoms with Gasteiger partial charge in [0.25, 0.3) is 0 Å². The summed E-state index contributed by atoms with van der Waals surface area (Å²) >= 11 is 0. The molecule has 1 aliphatic heterocycles. The number of carbonyl (C=O) groups excluding carboxylic acids is 1. The third-order valence-corrected chi connectivity index (χ3v) is 3.18. The summed E-state index contributed by atoms with van der Waals surface area (Å²) in [6, 6.07) is 4.34. The Morgan fingerprint density at radius 3 is 2.88 bits per heavy atom. The smallest absolute Gasteiger partial charge is 0.154 e. The van der Waals surface area contributed by atoms with Gasteiger partial charge >= 0.3 is 0 Å². The Balaban J connectivity index is 2.32. The largest absolute Gasteiger partial charge is 0.496 e. The molecule has 1 fully saturated rings. The molecule has 0 N–H and O–H groups in total. The third kappa shape index (κ3) is 2.47. The SMILES string of the molecule is COc1ccc(F)cc1C1CCN(C)CC1=O. The first-order valence-corrected chi connectivity index (χ1v) is 5.66. The fourth-order valence-electron chi connectivity index (χ4n) is 2.27. The van der Waals surface area contributed by atoms with Gasteiger partial charge in [0, 0.05) is 11.5 Å². The number of hydrogen-bond donors (Lipinski definition) is 0. The molecule has 2 rings (SSSR count). The molecule has 1 heterocycles. The molecule has 0 aliphatic carbocycles. The lowest BCUT2D eigenvalue weighted by molar-refractivity contribution is -0.123. The lowest BCUT2D eigenvalue weighted by Gasteiger charge is -2.28. The van der Waals surface area contributed by atoms with E-state index in [0.717, 1.165) is 13.0 Å². The second-order valence-corrected chi connectivity index (χ2v) is 4.43. The van der Waals surface area contributed by atoms with E-state index in [-0.39, 0.29) is 17.5 Å². The second-order valence-electron chi connectivity index (χ2n) is 4.43. The van der Waals surface area contributed by atoms with Crippen molar-refractivity contribution in [2.75, 3.05) is 27.2 Å². The Hall–Kier alpha value is -1.42. The zero-order valence-electron chi connectivity index (χ0n) is 10.1. The van der Waals surface area contributed by atoms with Crippen LogP contribution in [0.3, 0.4) is 0 Å². The van der Waals surface area contributed by atoms with Crippen molar-refractivity contribution in [2.45, 2.75) is 12.3 Å². The van der Waals surface area contributed by atoms with Crippen molar-refractivity contribution in [3.05, 3.63) is 29.6 Å². The number of carbonyl (C=O) groups is 1. The Bertz CT molecular complexity index is 433. The summed E-state index contributed by atoms with van der Waals surface area (Å²) in [5, 5.41) is 0. The van der Waals surface area contributed by atoms with E-state index >= 15 is 0 Å². The number of benzene rings is 1. The molecule has 0 bridgehead atoms. The quantitative estimate of drug-likeness (QED) is 0.785. The van der Waals surface area contributed by atoms with E-state index < -0.39 is 0 Å². The molecule has 0 aromatic heterocycles. The van der Waals surface area contributed by atoms with E-state index in [2.05, 4.69) is 0 Å². The summed E-state index contributed by atoms with van der Waals surface area (Å²) < 4.78 is 18.5. The number of nitrogens with zero attached hydrogens (tertiary/aromatic N) is 1. The van der Waals surface area contributed by atoms with Crippen LogP contribution in [-0.2, 0) is 4.79 Å². The van der Waals surface area contributed by atoms with Crippen LogP contribution in [0.5, 0.6) is 5.75 Å². The maximum atomic E-state index is 13.3. The molecule has 4 heteroatoms. The molecule has 1 saturated heterocycles. The molecule has 1 aromatic rings. The lowest BCUT2D eigenvalue weighted by atomic mass is 9.88. The molecule has 1 unspecified atom stereocenters. The Kier molecular flexibility index (Phi) is 3.43. The van der Waals surface area contributed by atoms with E-state index in [9.17, 15) is 9.18 Å². The van der Waals surface area contributed by atoms with Crippen molar-refractivity contribution >= 4 is 5.78 Å². The first-order chi connectivity index (χ1) is 8.11. The number of ketones is 1. The fraction of sp³-hybridized carbons (Fsp3) is 0.462. The van der Waals surface area contributed by atoms with Crippen LogP contribution in [0.2, 0.25) is 0 Å². The third-order valence-electron chi connectivity index (χ3n) is 3.18. The number of piperidine rings is 1. The van der Waals surface area contributed by atoms with Crippen molar-refractivity contribution in [3.8, 4) is 5.75 Å². The predicted molar refractivity (Wildman–Crippen MR) is 62.8 cm³/mol. The van der Waals surface area contributed by atoms with Crippen LogP contribution in [0, 0.1) is 5.82 Å². The van der Waals surface area contributed by atoms with Crippen LogP contribution < -0.4 is 4.74 Å². The minimum absolute atomic E-state index is 0.127. The first-order valence-electron chi connectivity index (χ1n) is 5.66. The molecular weight excluding hydrogens is 221 g/mol. The Morgan fingerprint density at radius 2 is 2.24 bits per heavy atom. The predicted octanol–water partition coefficient (Wildman–Crippen LogP) is 1.82. The molecule has 1 atom stereocenters. The number of Topliss-reactive ketones (excluding diaryl/α,β-unsaturated/α-hetero) is 1. The number of likely N-dealkylation sites (tertiary alicyclic amines) is 1. The van der Waals surface area contributed by atoms with Crippen LogP contribution in [0.1, 0.15) is 17.9 Å². The highest BCUT2D eigenvalue weighted by Crippen LogP contribution is 2.32. The van der Waals surface area contributed by atoms with Gasteiger partial charge in [-0.3, -0.25) is 9.69 Å². The van der Waals surface area contributed by atoms with Gasteiger partial charge in [-0.2, -0.15) is 0 Å². The minimum Gasteiger partial charge on any atom is -0.496 e. The average Bonchev–Trinajstić information content (AvgIpc) is 2.29. The molecule has 92 valence electrons. The van der Waals surface area contributed by atoms with Gasteiger partial charge in [-0.05, 0) is 38.2 Å². The molecule has 1 aliphatic rings. The van der Waals surface area contributed by atoms with Gasteiger partial charge in [0.2, 0.25) is 0 Å². The van der Waals surface area contributed by atoms with Crippen LogP contribution >= 0.6 is 0 Å². The normalized spacial score (nSPS) is 21.6. The molecule has 0 saturated carbocycles. The summed E-state index contributed by atoms with van der Waals surface area (Å²) in [7, 11) is 3.45. The van der Waals surface area contributed by atoms with Crippen LogP contribution in [-0.4, -0.2) is 37.9 Å². The Labute approximate surface area is 100 Å². The highest BCUT2D eigenvalue weighted by Gasteiger charge is 2.29. The summed E-state index contributed by atoms with van der Waals surface area (Å²) in [5.74, 6) is 0.154. The Morgan fingerprint density at radius 1 is 1.47 bits per heavy atom. The van der Waals surface area contributed by atoms with Gasteiger partial charge in [0.1, 0.15) is 11.6 Å². The zero-order chi connectivity index (χ0) is 12.4. The van der Waals surface area contributed by atoms with Gasteiger partial charge in [0.05, 0.1) is 13.7 Å². The summed E-state index contributed by atoms with van der Waals surface area (Å²) in [6.45, 7) is 1.26. The number of hydrogen-bond acceptors (Lipinski definition) is 3. The van der Waals surface area contributed by atoms with Crippen molar-refractivity contribution in [1.29, 1.82) is 0 Å². The van der Waals surface area contributed by atoms with Crippen LogP contribution in [0.25, 0.3) is 0 Å². The standard InChI is InChI=1S/C13H16FNO2/c1-15-6-5-10(12(16)8-15)11-7-9(14)3-4-13(11)17-2/h3-4,7,10H,5-6,8H2,1-2H3. The van der Waals surface area contributed by atoms with Gasteiger partial charge in [-0.25, -0.2) is 4.39 Å². The van der Waals surface area contributed by atoms with E-state index in [1.807, 2.05) is 11.9 Å². The van der Waals surface area contributed by atoms with Crippen molar-refractivity contribution < 1.29 is 13.9 Å². The maximum absolute atomic E-state index is 13.3. The highest BCUT2D eigenvalue weighted by molar-refractivity contribution is 5.88. The summed E-state index contributed by atoms with van der Waals surface area (Å²) in [4.78, 5) is 13.9. The van der Waals surface area contributed by atoms with E-state index in [0.29, 0.717) is 17.9 Å². The molecule has 0 amide bonds. The minimum atomic E-state index is -0.326. The monoisotopic (exact) mass is 237 g/mol. The van der Waals surface area contributed by atoms with Crippen molar-refractivity contribution in [1.82, 2.24) is 4.90 Å². The van der Waals surface area contributed by atoms with Gasteiger partial charge in [0.15, 0.2) is 5.78 Å². The molecule has 17 heavy (non-hydrogen) atoms. The fourth-order valence-corrected chi connectivity index (χ4v) is 2.27. The number of methoxy groups -OCH3 is 1. The summed E-state index contributed by atoms with van der Waals surface area (Å²) in [6.07, 6.45) is 0.717. The molecule has 3 nitrogen and oxygen atoms in total. The van der Waals surface area contributed by atoms with E-state index in [1.165, 1.54) is 19.2 Å². The van der Waals surface area contributed by atoms with Gasteiger partial charge in [-0.1, -0.05) is 0 Å². The van der Waals surface area contributed by atoms with Gasteiger partial charge < -0.3 is 4.74 Å². The lowest BCUT2D eigenvalue weighted by Crippen LogP contribution is -2.37. The van der Waals surface area contributed by atoms with Crippen LogP contribution in [0.4, 0.5) is 4.39 Å². The van der Waals surface area contributed by atoms with Crippen molar-refractivity contribution in [2.24, 2.45) is 0 Å². The number of likely N-dealkylation sites (N-methyl/N-ethyl adjacent to an activating group) is 1. The number of halogens is 1. The van der Waals surface area contributed by atoms with E-state index in [4.69, 9.17) is 4.74 Å². The molecule has 0 radical (unpaired) electrons. The second kappa shape index (κ2) is 4.84. The highest BCUT2D eigenvalue weighted by atomic mass is 19.1. The average molecular weight is 237 g/mol. The molecular formula is C13H16FNO2. The van der Waals surface area contributed by atoms with Crippen LogP contribution in [0.15, 0.2) is 18.2 Å². The number of rotatable bonds is 2. The van der Waals surface area contributed by atoms with Gasteiger partial charge in [-0.15, -0.1) is 0 Å². The summed E-state index contributed by atoms with van der Waals surface area (Å²) in [5.41, 5.74) is 0.672. The topological polar surface area (TPSA) is 29.5 Å². The molecule has 0 spiro atoms. The number of ether oxygens (including phenoxy) is 1.